The summed E-state index contributed by atoms with van der Waals surface area (Å²) in [6, 6.07) is 9.59. The highest BCUT2D eigenvalue weighted by Crippen LogP contribution is 2.42. The molecule has 0 saturated carbocycles. The number of benzene rings is 2. The second-order valence-corrected chi connectivity index (χ2v) is 9.14. The first-order valence-electron chi connectivity index (χ1n) is 12.5. The molecule has 9 heteroatoms. The number of carbonyl (C=O) groups excluding carboxylic acids is 2. The van der Waals surface area contributed by atoms with Crippen molar-refractivity contribution in [2.45, 2.75) is 13.0 Å². The van der Waals surface area contributed by atoms with Crippen molar-refractivity contribution in [3.8, 4) is 17.2 Å². The molecule has 0 aliphatic carbocycles. The summed E-state index contributed by atoms with van der Waals surface area (Å²) >= 11 is 0. The van der Waals surface area contributed by atoms with Crippen LogP contribution >= 0.6 is 0 Å². The third-order valence-corrected chi connectivity index (χ3v) is 6.83. The van der Waals surface area contributed by atoms with Gasteiger partial charge in [-0.3, -0.25) is 14.5 Å². The maximum absolute atomic E-state index is 13.4. The monoisotopic (exact) mass is 522 g/mol. The Labute approximate surface area is 222 Å². The Bertz CT molecular complexity index is 1230. The normalized spacial score (nSPS) is 19.4. The van der Waals surface area contributed by atoms with Crippen molar-refractivity contribution in [1.82, 2.24) is 9.80 Å². The molecule has 2 aromatic rings. The third-order valence-electron chi connectivity index (χ3n) is 6.83. The SMILES string of the molecule is C=CCOc1ccc(C(O)=C2C(=O)C(=O)N(CCN3CCOCC3)[C@H]2c2ccc(OC)c(OC)c2)cc1C. The van der Waals surface area contributed by atoms with E-state index in [0.717, 1.165) is 18.7 Å². The lowest BCUT2D eigenvalue weighted by Crippen LogP contribution is -2.42. The molecule has 202 valence electrons. The van der Waals surface area contributed by atoms with Crippen LogP contribution < -0.4 is 14.2 Å². The topological polar surface area (TPSA) is 97.8 Å². The summed E-state index contributed by atoms with van der Waals surface area (Å²) in [6.07, 6.45) is 1.65. The van der Waals surface area contributed by atoms with Gasteiger partial charge in [0.1, 0.15) is 18.1 Å². The summed E-state index contributed by atoms with van der Waals surface area (Å²) in [5, 5.41) is 11.4. The fourth-order valence-electron chi connectivity index (χ4n) is 4.82. The Morgan fingerprint density at radius 2 is 1.76 bits per heavy atom. The van der Waals surface area contributed by atoms with Crippen LogP contribution in [0, 0.1) is 6.92 Å². The number of methoxy groups -OCH3 is 2. The van der Waals surface area contributed by atoms with E-state index in [9.17, 15) is 14.7 Å². The molecule has 1 atom stereocenters. The zero-order chi connectivity index (χ0) is 27.2. The predicted molar refractivity (Wildman–Crippen MR) is 143 cm³/mol. The van der Waals surface area contributed by atoms with Gasteiger partial charge in [-0.2, -0.15) is 0 Å². The molecule has 2 heterocycles. The molecule has 2 fully saturated rings. The smallest absolute Gasteiger partial charge is 0.295 e. The molecule has 0 aromatic heterocycles. The average Bonchev–Trinajstić information content (AvgIpc) is 3.20. The Morgan fingerprint density at radius 1 is 1.05 bits per heavy atom. The number of amides is 1. The molecule has 0 bridgehead atoms. The second-order valence-electron chi connectivity index (χ2n) is 9.14. The number of aliphatic hydroxyl groups excluding tert-OH is 1. The lowest BCUT2D eigenvalue weighted by Gasteiger charge is -2.31. The highest BCUT2D eigenvalue weighted by atomic mass is 16.5. The first kappa shape index (κ1) is 27.2. The zero-order valence-corrected chi connectivity index (χ0v) is 22.1. The largest absolute Gasteiger partial charge is 0.507 e. The number of morpholine rings is 1. The van der Waals surface area contributed by atoms with Crippen molar-refractivity contribution in [3.05, 3.63) is 71.3 Å². The van der Waals surface area contributed by atoms with Crippen LogP contribution in [0.5, 0.6) is 17.2 Å². The minimum atomic E-state index is -0.798. The van der Waals surface area contributed by atoms with Gasteiger partial charge in [-0.25, -0.2) is 0 Å². The van der Waals surface area contributed by atoms with Crippen LogP contribution in [0.25, 0.3) is 5.76 Å². The van der Waals surface area contributed by atoms with Crippen LogP contribution in [0.3, 0.4) is 0 Å². The number of likely N-dealkylation sites (tertiary alicyclic amines) is 1. The van der Waals surface area contributed by atoms with E-state index in [1.165, 1.54) is 19.1 Å². The Kier molecular flexibility index (Phi) is 8.70. The predicted octanol–water partition coefficient (Wildman–Crippen LogP) is 3.33. The highest BCUT2D eigenvalue weighted by Gasteiger charge is 2.46. The van der Waals surface area contributed by atoms with E-state index in [-0.39, 0.29) is 11.3 Å². The lowest BCUT2D eigenvalue weighted by atomic mass is 9.94. The third kappa shape index (κ3) is 5.54. The quantitative estimate of drug-likeness (QED) is 0.220. The molecule has 0 unspecified atom stereocenters. The molecular weight excluding hydrogens is 488 g/mol. The van der Waals surface area contributed by atoms with Crippen LogP contribution in [-0.2, 0) is 14.3 Å². The van der Waals surface area contributed by atoms with E-state index in [4.69, 9.17) is 18.9 Å². The molecule has 4 rings (SSSR count). The highest BCUT2D eigenvalue weighted by molar-refractivity contribution is 6.46. The van der Waals surface area contributed by atoms with Crippen LogP contribution in [-0.4, -0.2) is 86.8 Å². The van der Waals surface area contributed by atoms with Crippen LogP contribution in [0.4, 0.5) is 0 Å². The van der Waals surface area contributed by atoms with E-state index in [1.807, 2.05) is 6.92 Å². The van der Waals surface area contributed by atoms with Crippen LogP contribution in [0.2, 0.25) is 0 Å². The van der Waals surface area contributed by atoms with Crippen molar-refractivity contribution >= 4 is 17.4 Å². The molecule has 2 saturated heterocycles. The number of rotatable bonds is 10. The fraction of sp³-hybridized carbons (Fsp3) is 0.379. The molecule has 38 heavy (non-hydrogen) atoms. The molecular formula is C29H34N2O7. The van der Waals surface area contributed by atoms with E-state index in [0.29, 0.717) is 61.3 Å². The summed E-state index contributed by atoms with van der Waals surface area (Å²) in [5.41, 5.74) is 1.86. The Morgan fingerprint density at radius 3 is 2.42 bits per heavy atom. The number of ether oxygens (including phenoxy) is 4. The molecule has 0 radical (unpaired) electrons. The van der Waals surface area contributed by atoms with Gasteiger partial charge in [0.2, 0.25) is 0 Å². The van der Waals surface area contributed by atoms with Gasteiger partial charge >= 0.3 is 0 Å². The van der Waals surface area contributed by atoms with Gasteiger partial charge in [-0.05, 0) is 48.4 Å². The fourth-order valence-corrected chi connectivity index (χ4v) is 4.82. The van der Waals surface area contributed by atoms with E-state index >= 15 is 0 Å². The molecule has 1 amide bonds. The summed E-state index contributed by atoms with van der Waals surface area (Å²) < 4.78 is 21.9. The number of aryl methyl sites for hydroxylation is 1. The summed E-state index contributed by atoms with van der Waals surface area (Å²) in [7, 11) is 3.06. The summed E-state index contributed by atoms with van der Waals surface area (Å²) in [5.74, 6) is 0.00553. The molecule has 2 aliphatic rings. The van der Waals surface area contributed by atoms with Gasteiger partial charge in [0.15, 0.2) is 11.5 Å². The van der Waals surface area contributed by atoms with E-state index in [2.05, 4.69) is 11.5 Å². The van der Waals surface area contributed by atoms with Gasteiger partial charge in [0.05, 0.1) is 39.0 Å². The van der Waals surface area contributed by atoms with Crippen molar-refractivity contribution in [3.63, 3.8) is 0 Å². The lowest BCUT2D eigenvalue weighted by molar-refractivity contribution is -0.140. The van der Waals surface area contributed by atoms with Crippen molar-refractivity contribution in [2.24, 2.45) is 0 Å². The Balaban J connectivity index is 1.77. The molecule has 2 aliphatic heterocycles. The number of carbonyl (C=O) groups is 2. The summed E-state index contributed by atoms with van der Waals surface area (Å²) in [4.78, 5) is 30.5. The number of hydrogen-bond acceptors (Lipinski definition) is 8. The molecule has 0 spiro atoms. The van der Waals surface area contributed by atoms with Gasteiger partial charge in [0, 0.05) is 31.7 Å². The van der Waals surface area contributed by atoms with Crippen molar-refractivity contribution in [2.75, 3.05) is 60.2 Å². The molecule has 1 N–H and O–H groups in total. The van der Waals surface area contributed by atoms with Crippen molar-refractivity contribution < 1.29 is 33.6 Å². The van der Waals surface area contributed by atoms with E-state index in [1.54, 1.807) is 42.5 Å². The van der Waals surface area contributed by atoms with Gasteiger partial charge in [-0.15, -0.1) is 0 Å². The standard InChI is InChI=1S/C29H34N2O7/c1-5-14-38-22-8-7-21(17-19(22)2)27(32)25-26(20-6-9-23(35-3)24(18-20)36-4)31(29(34)28(25)33)11-10-30-12-15-37-16-13-30/h5-9,17-18,26,32H,1,10-16H2,2-4H3/t26-/m0/s1. The van der Waals surface area contributed by atoms with E-state index < -0.39 is 17.7 Å². The second kappa shape index (κ2) is 12.1. The Hall–Kier alpha value is -3.82. The molecule has 2 aromatic carbocycles. The first-order chi connectivity index (χ1) is 18.4. The minimum absolute atomic E-state index is 0.0309. The number of ketones is 1. The van der Waals surface area contributed by atoms with Crippen molar-refractivity contribution in [1.29, 1.82) is 0 Å². The number of Topliss-reactive ketones (excluding diaryl/α,β-unsaturated/α-hetero) is 1. The maximum Gasteiger partial charge on any atom is 0.295 e. The number of hydrogen-bond donors (Lipinski definition) is 1. The van der Waals surface area contributed by atoms with Crippen LogP contribution in [0.1, 0.15) is 22.7 Å². The minimum Gasteiger partial charge on any atom is -0.507 e. The maximum atomic E-state index is 13.4. The number of aliphatic hydroxyl groups is 1. The van der Waals surface area contributed by atoms with Crippen LogP contribution in [0.15, 0.2) is 54.6 Å². The molecule has 9 nitrogen and oxygen atoms in total. The van der Waals surface area contributed by atoms with Gasteiger partial charge < -0.3 is 29.0 Å². The zero-order valence-electron chi connectivity index (χ0n) is 22.1. The number of nitrogens with zero attached hydrogens (tertiary/aromatic N) is 2. The van der Waals surface area contributed by atoms with Gasteiger partial charge in [-0.1, -0.05) is 18.7 Å². The first-order valence-corrected chi connectivity index (χ1v) is 12.5. The van der Waals surface area contributed by atoms with Gasteiger partial charge in [0.25, 0.3) is 11.7 Å². The average molecular weight is 523 g/mol. The summed E-state index contributed by atoms with van der Waals surface area (Å²) in [6.45, 7) is 9.51.